The number of nitrogens with one attached hydrogen (secondary N) is 2. The van der Waals surface area contributed by atoms with Crippen molar-refractivity contribution in [3.63, 3.8) is 0 Å². The highest BCUT2D eigenvalue weighted by Crippen LogP contribution is 2.40. The Labute approximate surface area is 103 Å². The van der Waals surface area contributed by atoms with E-state index in [0.717, 1.165) is 6.42 Å². The van der Waals surface area contributed by atoms with Gasteiger partial charge in [0, 0.05) is 18.0 Å². The second-order valence-corrected chi connectivity index (χ2v) is 4.96. The Morgan fingerprint density at radius 3 is 2.71 bits per heavy atom. The van der Waals surface area contributed by atoms with E-state index in [9.17, 15) is 4.79 Å². The van der Waals surface area contributed by atoms with Crippen molar-refractivity contribution >= 4 is 5.91 Å². The maximum absolute atomic E-state index is 11.6. The van der Waals surface area contributed by atoms with Crippen LogP contribution in [0.2, 0.25) is 0 Å². The topological polar surface area (TPSA) is 41.1 Å². The standard InChI is InChI=1S/C14H20N2O/c1-10(2)15-9-14(17)16-13-8-12(13)11-6-4-3-5-7-11/h3-7,10,12-13,15H,8-9H2,1-2H3,(H,16,17). The van der Waals surface area contributed by atoms with Crippen molar-refractivity contribution in [1.82, 2.24) is 10.6 Å². The molecule has 0 radical (unpaired) electrons. The molecule has 2 unspecified atom stereocenters. The molecular formula is C14H20N2O. The molecule has 17 heavy (non-hydrogen) atoms. The summed E-state index contributed by atoms with van der Waals surface area (Å²) in [4.78, 5) is 11.6. The van der Waals surface area contributed by atoms with E-state index in [2.05, 4.69) is 22.8 Å². The van der Waals surface area contributed by atoms with Crippen LogP contribution >= 0.6 is 0 Å². The van der Waals surface area contributed by atoms with Gasteiger partial charge in [-0.2, -0.15) is 0 Å². The predicted octanol–water partition coefficient (Wildman–Crippen LogP) is 1.66. The largest absolute Gasteiger partial charge is 0.352 e. The molecule has 0 spiro atoms. The van der Waals surface area contributed by atoms with Crippen molar-refractivity contribution in [2.75, 3.05) is 6.54 Å². The Kier molecular flexibility index (Phi) is 3.79. The van der Waals surface area contributed by atoms with E-state index in [4.69, 9.17) is 0 Å². The summed E-state index contributed by atoms with van der Waals surface area (Å²) >= 11 is 0. The maximum Gasteiger partial charge on any atom is 0.234 e. The number of hydrogen-bond donors (Lipinski definition) is 2. The molecule has 1 amide bonds. The average molecular weight is 232 g/mol. The Hall–Kier alpha value is -1.35. The Morgan fingerprint density at radius 1 is 1.35 bits per heavy atom. The van der Waals surface area contributed by atoms with E-state index in [0.29, 0.717) is 24.5 Å². The van der Waals surface area contributed by atoms with Crippen LogP contribution < -0.4 is 10.6 Å². The minimum atomic E-state index is 0.0992. The van der Waals surface area contributed by atoms with E-state index >= 15 is 0 Å². The van der Waals surface area contributed by atoms with Crippen LogP contribution in [0, 0.1) is 0 Å². The highest BCUT2D eigenvalue weighted by molar-refractivity contribution is 5.79. The van der Waals surface area contributed by atoms with Gasteiger partial charge in [0.05, 0.1) is 6.54 Å². The van der Waals surface area contributed by atoms with Crippen molar-refractivity contribution < 1.29 is 4.79 Å². The van der Waals surface area contributed by atoms with Crippen LogP contribution in [-0.2, 0) is 4.79 Å². The molecule has 92 valence electrons. The van der Waals surface area contributed by atoms with Crippen molar-refractivity contribution in [2.24, 2.45) is 0 Å². The summed E-state index contributed by atoms with van der Waals surface area (Å²) in [6.07, 6.45) is 1.07. The molecule has 1 aromatic rings. The predicted molar refractivity (Wildman–Crippen MR) is 68.9 cm³/mol. The molecule has 0 saturated heterocycles. The first-order chi connectivity index (χ1) is 8.16. The molecule has 0 aliphatic heterocycles. The summed E-state index contributed by atoms with van der Waals surface area (Å²) in [5.41, 5.74) is 1.33. The molecule has 1 aromatic carbocycles. The molecule has 2 atom stereocenters. The van der Waals surface area contributed by atoms with Crippen molar-refractivity contribution in [3.8, 4) is 0 Å². The van der Waals surface area contributed by atoms with Crippen LogP contribution in [0.4, 0.5) is 0 Å². The zero-order valence-electron chi connectivity index (χ0n) is 10.4. The minimum absolute atomic E-state index is 0.0992. The van der Waals surface area contributed by atoms with Gasteiger partial charge in [-0.1, -0.05) is 44.2 Å². The lowest BCUT2D eigenvalue weighted by Gasteiger charge is -2.08. The molecule has 3 heteroatoms. The van der Waals surface area contributed by atoms with E-state index in [-0.39, 0.29) is 5.91 Å². The van der Waals surface area contributed by atoms with Gasteiger partial charge in [0.15, 0.2) is 0 Å². The first-order valence-corrected chi connectivity index (χ1v) is 6.24. The lowest BCUT2D eigenvalue weighted by Crippen LogP contribution is -2.38. The molecule has 1 saturated carbocycles. The second-order valence-electron chi connectivity index (χ2n) is 4.96. The van der Waals surface area contributed by atoms with Gasteiger partial charge in [-0.25, -0.2) is 0 Å². The SMILES string of the molecule is CC(C)NCC(=O)NC1CC1c1ccccc1. The van der Waals surface area contributed by atoms with Gasteiger partial charge in [0.1, 0.15) is 0 Å². The number of rotatable bonds is 5. The average Bonchev–Trinajstić information content (AvgIpc) is 3.07. The molecule has 1 fully saturated rings. The van der Waals surface area contributed by atoms with Gasteiger partial charge in [-0.05, 0) is 12.0 Å². The lowest BCUT2D eigenvalue weighted by molar-refractivity contribution is -0.120. The second kappa shape index (κ2) is 5.32. The first-order valence-electron chi connectivity index (χ1n) is 6.24. The fourth-order valence-electron chi connectivity index (χ4n) is 1.98. The summed E-state index contributed by atoms with van der Waals surface area (Å²) in [5, 5.41) is 6.18. The van der Waals surface area contributed by atoms with Crippen molar-refractivity contribution in [3.05, 3.63) is 35.9 Å². The first kappa shape index (κ1) is 12.1. The normalized spacial score (nSPS) is 22.5. The van der Waals surface area contributed by atoms with Gasteiger partial charge in [-0.3, -0.25) is 4.79 Å². The van der Waals surface area contributed by atoms with E-state index < -0.39 is 0 Å². The van der Waals surface area contributed by atoms with Gasteiger partial charge < -0.3 is 10.6 Å². The third-order valence-corrected chi connectivity index (χ3v) is 3.04. The third kappa shape index (κ3) is 3.56. The van der Waals surface area contributed by atoms with Crippen LogP contribution in [0.5, 0.6) is 0 Å². The molecule has 2 N–H and O–H groups in total. The van der Waals surface area contributed by atoms with Crippen LogP contribution in [0.25, 0.3) is 0 Å². The highest BCUT2D eigenvalue weighted by Gasteiger charge is 2.39. The minimum Gasteiger partial charge on any atom is -0.352 e. The fraction of sp³-hybridized carbons (Fsp3) is 0.500. The summed E-state index contributed by atoms with van der Waals surface area (Å²) < 4.78 is 0. The van der Waals surface area contributed by atoms with E-state index in [1.807, 2.05) is 32.0 Å². The van der Waals surface area contributed by atoms with Gasteiger partial charge >= 0.3 is 0 Å². The monoisotopic (exact) mass is 232 g/mol. The van der Waals surface area contributed by atoms with E-state index in [1.54, 1.807) is 0 Å². The molecule has 1 aliphatic carbocycles. The molecule has 0 bridgehead atoms. The Balaban J connectivity index is 1.75. The Morgan fingerprint density at radius 2 is 2.06 bits per heavy atom. The van der Waals surface area contributed by atoms with Crippen LogP contribution in [0.15, 0.2) is 30.3 Å². The maximum atomic E-state index is 11.6. The molecule has 1 aliphatic rings. The zero-order chi connectivity index (χ0) is 12.3. The molecule has 0 aromatic heterocycles. The number of carbonyl (C=O) groups is 1. The zero-order valence-corrected chi connectivity index (χ0v) is 10.4. The lowest BCUT2D eigenvalue weighted by atomic mass is 10.1. The fourth-order valence-corrected chi connectivity index (χ4v) is 1.98. The van der Waals surface area contributed by atoms with E-state index in [1.165, 1.54) is 5.56 Å². The summed E-state index contributed by atoms with van der Waals surface area (Å²) in [6.45, 7) is 4.49. The number of amides is 1. The molecule has 2 rings (SSSR count). The Bertz CT molecular complexity index is 375. The molecule has 0 heterocycles. The van der Waals surface area contributed by atoms with Crippen molar-refractivity contribution in [1.29, 1.82) is 0 Å². The van der Waals surface area contributed by atoms with Crippen LogP contribution in [0.1, 0.15) is 31.7 Å². The van der Waals surface area contributed by atoms with Crippen molar-refractivity contribution in [2.45, 2.75) is 38.3 Å². The molecule has 3 nitrogen and oxygen atoms in total. The van der Waals surface area contributed by atoms with Gasteiger partial charge in [0.2, 0.25) is 5.91 Å². The van der Waals surface area contributed by atoms with Gasteiger partial charge in [0.25, 0.3) is 0 Å². The highest BCUT2D eigenvalue weighted by atomic mass is 16.2. The third-order valence-electron chi connectivity index (χ3n) is 3.04. The van der Waals surface area contributed by atoms with Crippen LogP contribution in [0.3, 0.4) is 0 Å². The van der Waals surface area contributed by atoms with Gasteiger partial charge in [-0.15, -0.1) is 0 Å². The summed E-state index contributed by atoms with van der Waals surface area (Å²) in [6, 6.07) is 11.1. The summed E-state index contributed by atoms with van der Waals surface area (Å²) in [5.74, 6) is 0.612. The smallest absolute Gasteiger partial charge is 0.234 e. The quantitative estimate of drug-likeness (QED) is 0.810. The number of hydrogen-bond acceptors (Lipinski definition) is 2. The number of benzene rings is 1. The van der Waals surface area contributed by atoms with Crippen LogP contribution in [-0.4, -0.2) is 24.5 Å². The summed E-state index contributed by atoms with van der Waals surface area (Å²) in [7, 11) is 0. The number of carbonyl (C=O) groups excluding carboxylic acids is 1. The molecular weight excluding hydrogens is 212 g/mol.